The molecule has 21 heavy (non-hydrogen) atoms. The molecule has 0 heterocycles. The summed E-state index contributed by atoms with van der Waals surface area (Å²) in [7, 11) is 0. The van der Waals surface area contributed by atoms with Gasteiger partial charge in [0.2, 0.25) is 0 Å². The number of nitriles is 1. The third-order valence-corrected chi connectivity index (χ3v) is 3.02. The Labute approximate surface area is 123 Å². The topological polar surface area (TPSA) is 102 Å². The van der Waals surface area contributed by atoms with E-state index >= 15 is 0 Å². The molecule has 3 N–H and O–H groups in total. The maximum absolute atomic E-state index is 11.7. The lowest BCUT2D eigenvalue weighted by Crippen LogP contribution is -2.30. The molecular weight excluding hydrogens is 270 g/mol. The number of hydrogen-bond acceptors (Lipinski definition) is 3. The highest BCUT2D eigenvalue weighted by Gasteiger charge is 2.07. The SMILES string of the molecule is CC(CCNC(=O)Nc1cccc(C#N)c1)CCC(=O)O. The van der Waals surface area contributed by atoms with E-state index in [1.165, 1.54) is 0 Å². The third kappa shape index (κ3) is 6.97. The van der Waals surface area contributed by atoms with E-state index in [0.717, 1.165) is 6.42 Å². The minimum Gasteiger partial charge on any atom is -0.481 e. The lowest BCUT2D eigenvalue weighted by Gasteiger charge is -2.11. The van der Waals surface area contributed by atoms with Crippen LogP contribution in [0.3, 0.4) is 0 Å². The van der Waals surface area contributed by atoms with E-state index in [-0.39, 0.29) is 18.4 Å². The van der Waals surface area contributed by atoms with Gasteiger partial charge in [0.25, 0.3) is 0 Å². The van der Waals surface area contributed by atoms with Crippen LogP contribution in [0.5, 0.6) is 0 Å². The molecule has 2 amide bonds. The predicted octanol–water partition coefficient (Wildman–Crippen LogP) is 2.57. The lowest BCUT2D eigenvalue weighted by atomic mass is 10.0. The normalized spacial score (nSPS) is 11.2. The van der Waals surface area contributed by atoms with E-state index in [4.69, 9.17) is 10.4 Å². The molecule has 6 heteroatoms. The molecule has 1 unspecified atom stereocenters. The molecule has 1 atom stereocenters. The van der Waals surface area contributed by atoms with Gasteiger partial charge in [-0.05, 0) is 37.0 Å². The highest BCUT2D eigenvalue weighted by atomic mass is 16.4. The van der Waals surface area contributed by atoms with Crippen molar-refractivity contribution in [3.05, 3.63) is 29.8 Å². The van der Waals surface area contributed by atoms with Crippen LogP contribution in [0.15, 0.2) is 24.3 Å². The first-order valence-corrected chi connectivity index (χ1v) is 6.78. The highest BCUT2D eigenvalue weighted by molar-refractivity contribution is 5.89. The van der Waals surface area contributed by atoms with E-state index in [1.807, 2.05) is 13.0 Å². The molecule has 0 fully saturated rings. The Morgan fingerprint density at radius 1 is 1.38 bits per heavy atom. The van der Waals surface area contributed by atoms with Crippen molar-refractivity contribution in [1.29, 1.82) is 5.26 Å². The number of amides is 2. The summed E-state index contributed by atoms with van der Waals surface area (Å²) in [6, 6.07) is 8.32. The molecule has 0 saturated carbocycles. The maximum Gasteiger partial charge on any atom is 0.319 e. The summed E-state index contributed by atoms with van der Waals surface area (Å²) in [5.74, 6) is -0.562. The van der Waals surface area contributed by atoms with Crippen molar-refractivity contribution in [2.24, 2.45) is 5.92 Å². The predicted molar refractivity (Wildman–Crippen MR) is 78.8 cm³/mol. The van der Waals surface area contributed by atoms with Crippen molar-refractivity contribution >= 4 is 17.7 Å². The van der Waals surface area contributed by atoms with Crippen LogP contribution in [-0.2, 0) is 4.79 Å². The fourth-order valence-electron chi connectivity index (χ4n) is 1.79. The van der Waals surface area contributed by atoms with Crippen LogP contribution >= 0.6 is 0 Å². The number of carboxylic acid groups (broad SMARTS) is 1. The maximum atomic E-state index is 11.7. The summed E-state index contributed by atoms with van der Waals surface area (Å²) in [4.78, 5) is 22.1. The van der Waals surface area contributed by atoms with Crippen LogP contribution in [0.2, 0.25) is 0 Å². The van der Waals surface area contributed by atoms with Gasteiger partial charge in [-0.1, -0.05) is 13.0 Å². The Hall–Kier alpha value is -2.55. The lowest BCUT2D eigenvalue weighted by molar-refractivity contribution is -0.137. The molecule has 0 radical (unpaired) electrons. The first-order valence-electron chi connectivity index (χ1n) is 6.78. The summed E-state index contributed by atoms with van der Waals surface area (Å²) in [5, 5.41) is 22.7. The molecule has 0 aliphatic rings. The molecule has 0 bridgehead atoms. The number of nitrogens with zero attached hydrogens (tertiary/aromatic N) is 1. The number of carbonyl (C=O) groups excluding carboxylic acids is 1. The first kappa shape index (κ1) is 16.5. The van der Waals surface area contributed by atoms with E-state index in [2.05, 4.69) is 10.6 Å². The molecule has 112 valence electrons. The molecule has 0 aliphatic heterocycles. The van der Waals surface area contributed by atoms with Crippen molar-refractivity contribution in [2.75, 3.05) is 11.9 Å². The van der Waals surface area contributed by atoms with Gasteiger partial charge < -0.3 is 15.7 Å². The van der Waals surface area contributed by atoms with Gasteiger partial charge in [0.05, 0.1) is 11.6 Å². The fourth-order valence-corrected chi connectivity index (χ4v) is 1.79. The van der Waals surface area contributed by atoms with Crippen molar-refractivity contribution in [2.45, 2.75) is 26.2 Å². The summed E-state index contributed by atoms with van der Waals surface area (Å²) >= 11 is 0. The van der Waals surface area contributed by atoms with Crippen molar-refractivity contribution < 1.29 is 14.7 Å². The van der Waals surface area contributed by atoms with Gasteiger partial charge in [0.15, 0.2) is 0 Å². The standard InChI is InChI=1S/C15H19N3O3/c1-11(5-6-14(19)20)7-8-17-15(21)18-13-4-2-3-12(9-13)10-16/h2-4,9,11H,5-8H2,1H3,(H,19,20)(H2,17,18,21). The minimum absolute atomic E-state index is 0.147. The Morgan fingerprint density at radius 2 is 2.14 bits per heavy atom. The fraction of sp³-hybridized carbons (Fsp3) is 0.400. The average Bonchev–Trinajstić information content (AvgIpc) is 2.45. The van der Waals surface area contributed by atoms with E-state index < -0.39 is 5.97 Å². The molecule has 0 aliphatic carbocycles. The molecule has 1 aromatic carbocycles. The second-order valence-electron chi connectivity index (χ2n) is 4.90. The number of benzene rings is 1. The second-order valence-corrected chi connectivity index (χ2v) is 4.90. The van der Waals surface area contributed by atoms with Gasteiger partial charge in [-0.2, -0.15) is 5.26 Å². The Morgan fingerprint density at radius 3 is 2.81 bits per heavy atom. The number of urea groups is 1. The number of carbonyl (C=O) groups is 2. The van der Waals surface area contributed by atoms with Gasteiger partial charge in [-0.25, -0.2) is 4.79 Å². The van der Waals surface area contributed by atoms with Crippen molar-refractivity contribution in [3.63, 3.8) is 0 Å². The highest BCUT2D eigenvalue weighted by Crippen LogP contribution is 2.10. The summed E-state index contributed by atoms with van der Waals surface area (Å²) in [5.41, 5.74) is 1.04. The van der Waals surface area contributed by atoms with Crippen LogP contribution in [0, 0.1) is 17.2 Å². The zero-order valence-corrected chi connectivity index (χ0v) is 11.9. The third-order valence-electron chi connectivity index (χ3n) is 3.02. The zero-order valence-electron chi connectivity index (χ0n) is 11.9. The summed E-state index contributed by atoms with van der Waals surface area (Å²) < 4.78 is 0. The number of aliphatic carboxylic acids is 1. The van der Waals surface area contributed by atoms with Gasteiger partial charge in [0.1, 0.15) is 0 Å². The molecule has 0 saturated heterocycles. The van der Waals surface area contributed by atoms with Crippen LogP contribution in [0.1, 0.15) is 31.7 Å². The Kier molecular flexibility index (Phi) is 6.75. The summed E-state index contributed by atoms with van der Waals surface area (Å²) in [6.07, 6.45) is 1.47. The van der Waals surface area contributed by atoms with E-state index in [1.54, 1.807) is 24.3 Å². The van der Waals surface area contributed by atoms with E-state index in [0.29, 0.717) is 24.2 Å². The Bertz CT molecular complexity index is 537. The van der Waals surface area contributed by atoms with Crippen LogP contribution in [0.25, 0.3) is 0 Å². The van der Waals surface area contributed by atoms with Gasteiger partial charge in [-0.15, -0.1) is 0 Å². The van der Waals surface area contributed by atoms with Gasteiger partial charge >= 0.3 is 12.0 Å². The smallest absolute Gasteiger partial charge is 0.319 e. The Balaban J connectivity index is 2.28. The molecule has 6 nitrogen and oxygen atoms in total. The summed E-state index contributed by atoms with van der Waals surface area (Å²) in [6.45, 7) is 2.43. The largest absolute Gasteiger partial charge is 0.481 e. The number of nitrogens with one attached hydrogen (secondary N) is 2. The van der Waals surface area contributed by atoms with E-state index in [9.17, 15) is 9.59 Å². The number of carboxylic acids is 1. The van der Waals surface area contributed by atoms with Crippen LogP contribution in [0.4, 0.5) is 10.5 Å². The molecular formula is C15H19N3O3. The molecule has 0 spiro atoms. The zero-order chi connectivity index (χ0) is 15.7. The molecule has 1 aromatic rings. The number of anilines is 1. The van der Waals surface area contributed by atoms with Gasteiger partial charge in [0, 0.05) is 18.7 Å². The number of rotatable bonds is 7. The van der Waals surface area contributed by atoms with Crippen LogP contribution in [-0.4, -0.2) is 23.7 Å². The average molecular weight is 289 g/mol. The quantitative estimate of drug-likeness (QED) is 0.717. The van der Waals surface area contributed by atoms with Gasteiger partial charge in [-0.3, -0.25) is 4.79 Å². The second kappa shape index (κ2) is 8.59. The van der Waals surface area contributed by atoms with Crippen molar-refractivity contribution in [3.8, 4) is 6.07 Å². The first-order chi connectivity index (χ1) is 10.0. The van der Waals surface area contributed by atoms with Crippen molar-refractivity contribution in [1.82, 2.24) is 5.32 Å². The number of hydrogen-bond donors (Lipinski definition) is 3. The molecule has 0 aromatic heterocycles. The minimum atomic E-state index is -0.801. The monoisotopic (exact) mass is 289 g/mol. The van der Waals surface area contributed by atoms with Crippen LogP contribution < -0.4 is 10.6 Å². The molecule has 1 rings (SSSR count).